The molecule has 1 aromatic carbocycles. The topological polar surface area (TPSA) is 43.1 Å². The van der Waals surface area contributed by atoms with Crippen molar-refractivity contribution in [2.75, 3.05) is 0 Å². The molecule has 0 aliphatic rings. The molecule has 0 saturated heterocycles. The SMILES string of the molecule is Cc1cc(Cl)c(Cl)c([N+](=O)[O-])c1C. The van der Waals surface area contributed by atoms with E-state index < -0.39 is 4.92 Å². The third kappa shape index (κ3) is 1.76. The maximum absolute atomic E-state index is 10.6. The summed E-state index contributed by atoms with van der Waals surface area (Å²) in [5.74, 6) is 0. The third-order valence-electron chi connectivity index (χ3n) is 1.89. The second kappa shape index (κ2) is 3.52. The van der Waals surface area contributed by atoms with Gasteiger partial charge in [0.05, 0.1) is 9.95 Å². The molecular formula is C8H7Cl2NO2. The summed E-state index contributed by atoms with van der Waals surface area (Å²) in [4.78, 5) is 10.1. The van der Waals surface area contributed by atoms with Crippen molar-refractivity contribution < 1.29 is 4.92 Å². The Kier molecular flexibility index (Phi) is 2.78. The first-order valence-corrected chi connectivity index (χ1v) is 4.30. The molecule has 5 heteroatoms. The fraction of sp³-hybridized carbons (Fsp3) is 0.250. The van der Waals surface area contributed by atoms with Crippen LogP contribution in [0.2, 0.25) is 10.0 Å². The lowest BCUT2D eigenvalue weighted by molar-refractivity contribution is -0.385. The molecule has 0 bridgehead atoms. The fourth-order valence-electron chi connectivity index (χ4n) is 1.04. The molecule has 3 nitrogen and oxygen atoms in total. The van der Waals surface area contributed by atoms with E-state index in [4.69, 9.17) is 23.2 Å². The number of aryl methyl sites for hydroxylation is 1. The van der Waals surface area contributed by atoms with Gasteiger partial charge in [0.2, 0.25) is 0 Å². The molecule has 0 radical (unpaired) electrons. The average Bonchev–Trinajstić information content (AvgIpc) is 2.01. The summed E-state index contributed by atoms with van der Waals surface area (Å²) in [5.41, 5.74) is 1.21. The molecule has 0 amide bonds. The van der Waals surface area contributed by atoms with Gasteiger partial charge in [-0.15, -0.1) is 0 Å². The Balaban J connectivity index is 3.56. The van der Waals surface area contributed by atoms with Crippen molar-refractivity contribution >= 4 is 28.9 Å². The van der Waals surface area contributed by atoms with Gasteiger partial charge in [0.25, 0.3) is 5.69 Å². The summed E-state index contributed by atoms with van der Waals surface area (Å²) < 4.78 is 0. The van der Waals surface area contributed by atoms with Crippen LogP contribution in [0.3, 0.4) is 0 Å². The second-order valence-electron chi connectivity index (χ2n) is 2.72. The molecular weight excluding hydrogens is 213 g/mol. The van der Waals surface area contributed by atoms with Crippen LogP contribution >= 0.6 is 23.2 Å². The van der Waals surface area contributed by atoms with Gasteiger partial charge in [0.1, 0.15) is 5.02 Å². The van der Waals surface area contributed by atoms with Gasteiger partial charge in [-0.2, -0.15) is 0 Å². The molecule has 1 aromatic rings. The first-order valence-electron chi connectivity index (χ1n) is 3.54. The van der Waals surface area contributed by atoms with Crippen LogP contribution in [-0.2, 0) is 0 Å². The van der Waals surface area contributed by atoms with Gasteiger partial charge in [0.15, 0.2) is 0 Å². The lowest BCUT2D eigenvalue weighted by Gasteiger charge is -2.04. The Bertz CT molecular complexity index is 351. The number of hydrogen-bond acceptors (Lipinski definition) is 2. The Labute approximate surface area is 85.4 Å². The van der Waals surface area contributed by atoms with Gasteiger partial charge in [0, 0.05) is 5.56 Å². The molecule has 0 aromatic heterocycles. The van der Waals surface area contributed by atoms with Crippen molar-refractivity contribution in [3.05, 3.63) is 37.4 Å². The molecule has 0 fully saturated rings. The van der Waals surface area contributed by atoms with Crippen LogP contribution in [0.1, 0.15) is 11.1 Å². The molecule has 0 heterocycles. The zero-order valence-electron chi connectivity index (χ0n) is 7.10. The fourth-order valence-corrected chi connectivity index (χ4v) is 1.56. The maximum atomic E-state index is 10.6. The zero-order valence-corrected chi connectivity index (χ0v) is 8.61. The van der Waals surface area contributed by atoms with E-state index in [1.165, 1.54) is 0 Å². The normalized spacial score (nSPS) is 10.2. The van der Waals surface area contributed by atoms with Crippen LogP contribution in [0.15, 0.2) is 6.07 Å². The molecule has 0 aliphatic carbocycles. The summed E-state index contributed by atoms with van der Waals surface area (Å²) in [7, 11) is 0. The summed E-state index contributed by atoms with van der Waals surface area (Å²) >= 11 is 11.4. The Morgan fingerprint density at radius 2 is 1.92 bits per heavy atom. The molecule has 0 aliphatic heterocycles. The lowest BCUT2D eigenvalue weighted by atomic mass is 10.1. The van der Waals surface area contributed by atoms with Gasteiger partial charge < -0.3 is 0 Å². The number of nitrogens with zero attached hydrogens (tertiary/aromatic N) is 1. The predicted octanol–water partition coefficient (Wildman–Crippen LogP) is 3.52. The Morgan fingerprint density at radius 1 is 1.38 bits per heavy atom. The van der Waals surface area contributed by atoms with E-state index in [-0.39, 0.29) is 15.7 Å². The van der Waals surface area contributed by atoms with E-state index in [1.807, 2.05) is 0 Å². The van der Waals surface area contributed by atoms with Crippen LogP contribution in [0.25, 0.3) is 0 Å². The van der Waals surface area contributed by atoms with Gasteiger partial charge in [-0.05, 0) is 25.5 Å². The summed E-state index contributed by atoms with van der Waals surface area (Å²) in [6.07, 6.45) is 0. The smallest absolute Gasteiger partial charge is 0.258 e. The van der Waals surface area contributed by atoms with Crippen molar-refractivity contribution in [2.45, 2.75) is 13.8 Å². The molecule has 70 valence electrons. The zero-order chi connectivity index (χ0) is 10.2. The standard InChI is InChI=1S/C8H7Cl2NO2/c1-4-3-6(9)7(10)8(5(4)2)11(12)13/h3H,1-2H3. The number of halogens is 2. The quantitative estimate of drug-likeness (QED) is 0.536. The summed E-state index contributed by atoms with van der Waals surface area (Å²) in [5, 5.41) is 10.8. The Hall–Kier alpha value is -0.800. The number of nitro groups is 1. The third-order valence-corrected chi connectivity index (χ3v) is 2.67. The molecule has 0 N–H and O–H groups in total. The van der Waals surface area contributed by atoms with Crippen LogP contribution in [-0.4, -0.2) is 4.92 Å². The highest BCUT2D eigenvalue weighted by Crippen LogP contribution is 2.36. The summed E-state index contributed by atoms with van der Waals surface area (Å²) in [6.45, 7) is 3.40. The minimum atomic E-state index is -0.517. The number of nitro benzene ring substituents is 1. The van der Waals surface area contributed by atoms with Crippen molar-refractivity contribution in [1.82, 2.24) is 0 Å². The number of rotatable bonds is 1. The average molecular weight is 220 g/mol. The number of hydrogen-bond donors (Lipinski definition) is 0. The largest absolute Gasteiger partial charge is 0.292 e. The molecule has 13 heavy (non-hydrogen) atoms. The lowest BCUT2D eigenvalue weighted by Crippen LogP contribution is -1.95. The summed E-state index contributed by atoms with van der Waals surface area (Å²) in [6, 6.07) is 1.62. The van der Waals surface area contributed by atoms with E-state index >= 15 is 0 Å². The first kappa shape index (κ1) is 10.3. The minimum absolute atomic E-state index is 0.00904. The van der Waals surface area contributed by atoms with Crippen LogP contribution in [0, 0.1) is 24.0 Å². The second-order valence-corrected chi connectivity index (χ2v) is 3.51. The van der Waals surface area contributed by atoms with Gasteiger partial charge in [-0.25, -0.2) is 0 Å². The maximum Gasteiger partial charge on any atom is 0.292 e. The van der Waals surface area contributed by atoms with Crippen LogP contribution in [0.5, 0.6) is 0 Å². The van der Waals surface area contributed by atoms with E-state index in [1.54, 1.807) is 19.9 Å². The van der Waals surface area contributed by atoms with Crippen molar-refractivity contribution in [3.63, 3.8) is 0 Å². The van der Waals surface area contributed by atoms with E-state index in [0.29, 0.717) is 5.56 Å². The van der Waals surface area contributed by atoms with Crippen LogP contribution in [0.4, 0.5) is 5.69 Å². The van der Waals surface area contributed by atoms with Crippen molar-refractivity contribution in [3.8, 4) is 0 Å². The van der Waals surface area contributed by atoms with Gasteiger partial charge >= 0.3 is 0 Å². The molecule has 0 spiro atoms. The van der Waals surface area contributed by atoms with Gasteiger partial charge in [-0.3, -0.25) is 10.1 Å². The van der Waals surface area contributed by atoms with E-state index in [0.717, 1.165) is 5.56 Å². The first-order chi connectivity index (χ1) is 5.95. The highest BCUT2D eigenvalue weighted by Gasteiger charge is 2.20. The minimum Gasteiger partial charge on any atom is -0.258 e. The van der Waals surface area contributed by atoms with Gasteiger partial charge in [-0.1, -0.05) is 23.2 Å². The van der Waals surface area contributed by atoms with E-state index in [2.05, 4.69) is 0 Å². The monoisotopic (exact) mass is 219 g/mol. The van der Waals surface area contributed by atoms with Crippen LogP contribution < -0.4 is 0 Å². The molecule has 0 saturated carbocycles. The highest BCUT2D eigenvalue weighted by molar-refractivity contribution is 6.43. The van der Waals surface area contributed by atoms with Crippen molar-refractivity contribution in [1.29, 1.82) is 0 Å². The molecule has 1 rings (SSSR count). The Morgan fingerprint density at radius 3 is 2.38 bits per heavy atom. The van der Waals surface area contributed by atoms with Crippen molar-refractivity contribution in [2.24, 2.45) is 0 Å². The number of benzene rings is 1. The predicted molar refractivity (Wildman–Crippen MR) is 52.6 cm³/mol. The van der Waals surface area contributed by atoms with E-state index in [9.17, 15) is 10.1 Å². The highest BCUT2D eigenvalue weighted by atomic mass is 35.5. The molecule has 0 unspecified atom stereocenters. The molecule has 0 atom stereocenters.